The first-order valence-electron chi connectivity index (χ1n) is 9.79. The lowest BCUT2D eigenvalue weighted by Gasteiger charge is -2.03. The fourth-order valence-electron chi connectivity index (χ4n) is 3.01. The monoisotopic (exact) mass is 294 g/mol. The van der Waals surface area contributed by atoms with Crippen molar-refractivity contribution in [2.45, 2.75) is 116 Å². The van der Waals surface area contributed by atoms with Crippen LogP contribution in [0, 0.1) is 0 Å². The number of hydrogen-bond acceptors (Lipinski definition) is 1. The summed E-state index contributed by atoms with van der Waals surface area (Å²) in [6, 6.07) is 0. The zero-order valence-electron chi connectivity index (χ0n) is 14.5. The van der Waals surface area contributed by atoms with E-state index in [4.69, 9.17) is 4.74 Å². The van der Waals surface area contributed by atoms with Gasteiger partial charge in [-0.05, 0) is 6.42 Å². The van der Waals surface area contributed by atoms with Crippen LogP contribution in [0.5, 0.6) is 0 Å². The third-order valence-corrected chi connectivity index (χ3v) is 4.56. The molecule has 1 heterocycles. The highest BCUT2D eigenvalue weighted by Crippen LogP contribution is 2.21. The van der Waals surface area contributed by atoms with Crippen LogP contribution in [0.4, 0.5) is 0 Å². The fraction of sp³-hybridized carbons (Fsp3) is 0.900. The van der Waals surface area contributed by atoms with Crippen molar-refractivity contribution in [3.8, 4) is 0 Å². The summed E-state index contributed by atoms with van der Waals surface area (Å²) in [6.07, 6.45) is 26.1. The first kappa shape index (κ1) is 18.6. The molecule has 1 aliphatic heterocycles. The first-order chi connectivity index (χ1) is 10.4. The van der Waals surface area contributed by atoms with E-state index in [0.29, 0.717) is 0 Å². The van der Waals surface area contributed by atoms with E-state index in [-0.39, 0.29) is 0 Å². The van der Waals surface area contributed by atoms with Gasteiger partial charge in [0.15, 0.2) is 0 Å². The zero-order valence-corrected chi connectivity index (χ0v) is 14.5. The summed E-state index contributed by atoms with van der Waals surface area (Å²) in [6.45, 7) is 2.29. The lowest BCUT2D eigenvalue weighted by Crippen LogP contribution is -1.83. The van der Waals surface area contributed by atoms with Crippen LogP contribution < -0.4 is 0 Å². The Bertz CT molecular complexity index is 244. The molecule has 0 unspecified atom stereocenters. The van der Waals surface area contributed by atoms with E-state index < -0.39 is 0 Å². The second-order valence-corrected chi connectivity index (χ2v) is 6.76. The minimum absolute atomic E-state index is 1.18. The van der Waals surface area contributed by atoms with Gasteiger partial charge in [0.05, 0.1) is 0 Å². The lowest BCUT2D eigenvalue weighted by atomic mass is 10.0. The van der Waals surface area contributed by atoms with Crippen LogP contribution >= 0.6 is 0 Å². The van der Waals surface area contributed by atoms with Gasteiger partial charge in [-0.15, -0.1) is 0 Å². The summed E-state index contributed by atoms with van der Waals surface area (Å²) in [4.78, 5) is 0. The molecule has 1 heteroatoms. The van der Waals surface area contributed by atoms with Crippen LogP contribution in [0.2, 0.25) is 0 Å². The highest BCUT2D eigenvalue weighted by molar-refractivity contribution is 5.01. The van der Waals surface area contributed by atoms with Crippen LogP contribution in [0.15, 0.2) is 12.0 Å². The zero-order chi connectivity index (χ0) is 15.0. The standard InChI is InChI=1S/C20H38O/c1-2-3-4-5-6-7-8-9-10-11-12-13-14-15-16-17-18-20-19-21-20/h19H,2-18H2,1H3. The van der Waals surface area contributed by atoms with Crippen molar-refractivity contribution in [3.05, 3.63) is 12.0 Å². The van der Waals surface area contributed by atoms with E-state index in [1.165, 1.54) is 115 Å². The van der Waals surface area contributed by atoms with Crippen molar-refractivity contribution >= 4 is 0 Å². The van der Waals surface area contributed by atoms with Crippen LogP contribution in [0.3, 0.4) is 0 Å². The molecule has 0 aliphatic carbocycles. The molecular weight excluding hydrogens is 256 g/mol. The molecule has 0 atom stereocenters. The van der Waals surface area contributed by atoms with Gasteiger partial charge in [0, 0.05) is 6.42 Å². The predicted octanol–water partition coefficient (Wildman–Crippen LogP) is 7.51. The van der Waals surface area contributed by atoms with Crippen molar-refractivity contribution in [2.24, 2.45) is 0 Å². The smallest absolute Gasteiger partial charge is 0.138 e. The van der Waals surface area contributed by atoms with Crippen LogP contribution in [0.1, 0.15) is 116 Å². The van der Waals surface area contributed by atoms with Gasteiger partial charge in [0.25, 0.3) is 0 Å². The van der Waals surface area contributed by atoms with Crippen molar-refractivity contribution in [2.75, 3.05) is 0 Å². The van der Waals surface area contributed by atoms with Gasteiger partial charge in [0.1, 0.15) is 12.0 Å². The molecule has 0 saturated heterocycles. The predicted molar refractivity (Wildman–Crippen MR) is 93.3 cm³/mol. The molecule has 0 amide bonds. The Morgan fingerprint density at radius 2 is 0.905 bits per heavy atom. The Kier molecular flexibility index (Phi) is 12.8. The summed E-state index contributed by atoms with van der Waals surface area (Å²) >= 11 is 0. The van der Waals surface area contributed by atoms with Gasteiger partial charge in [-0.3, -0.25) is 0 Å². The van der Waals surface area contributed by atoms with Gasteiger partial charge >= 0.3 is 0 Å². The molecule has 0 aromatic carbocycles. The second-order valence-electron chi connectivity index (χ2n) is 6.76. The average Bonchev–Trinajstić information content (AvgIpc) is 3.31. The molecule has 0 aromatic rings. The maximum atomic E-state index is 5.02. The Labute approximate surface area is 133 Å². The fourth-order valence-corrected chi connectivity index (χ4v) is 3.01. The van der Waals surface area contributed by atoms with E-state index in [1.54, 1.807) is 0 Å². The Morgan fingerprint density at radius 1 is 0.571 bits per heavy atom. The molecule has 1 rings (SSSR count). The Hall–Kier alpha value is -0.460. The average molecular weight is 295 g/mol. The van der Waals surface area contributed by atoms with Crippen molar-refractivity contribution < 1.29 is 4.74 Å². The molecule has 0 saturated carbocycles. The quantitative estimate of drug-likeness (QED) is 0.253. The number of ether oxygens (including phenoxy) is 1. The summed E-state index contributed by atoms with van der Waals surface area (Å²) < 4.78 is 5.02. The van der Waals surface area contributed by atoms with Crippen molar-refractivity contribution in [1.29, 1.82) is 0 Å². The van der Waals surface area contributed by atoms with Gasteiger partial charge < -0.3 is 4.74 Å². The topological polar surface area (TPSA) is 12.5 Å². The normalized spacial score (nSPS) is 13.1. The third-order valence-electron chi connectivity index (χ3n) is 4.56. The van der Waals surface area contributed by atoms with E-state index in [2.05, 4.69) is 6.92 Å². The number of rotatable bonds is 17. The molecule has 0 N–H and O–H groups in total. The van der Waals surface area contributed by atoms with Crippen LogP contribution in [-0.2, 0) is 4.74 Å². The van der Waals surface area contributed by atoms with Gasteiger partial charge in [-0.25, -0.2) is 0 Å². The largest absolute Gasteiger partial charge is 0.463 e. The molecule has 0 bridgehead atoms. The highest BCUT2D eigenvalue weighted by Gasteiger charge is 2.07. The third kappa shape index (κ3) is 14.2. The van der Waals surface area contributed by atoms with Crippen molar-refractivity contribution in [3.63, 3.8) is 0 Å². The minimum Gasteiger partial charge on any atom is -0.463 e. The second kappa shape index (κ2) is 14.5. The maximum absolute atomic E-state index is 5.02. The first-order valence-corrected chi connectivity index (χ1v) is 9.79. The van der Waals surface area contributed by atoms with Gasteiger partial charge in [-0.1, -0.05) is 103 Å². The SMILES string of the molecule is CCCCCCCCCCCCCCCCCCC1=CO1. The molecule has 0 spiro atoms. The van der Waals surface area contributed by atoms with Gasteiger partial charge in [-0.2, -0.15) is 0 Å². The van der Waals surface area contributed by atoms with E-state index in [1.807, 2.05) is 6.26 Å². The van der Waals surface area contributed by atoms with E-state index >= 15 is 0 Å². The summed E-state index contributed by atoms with van der Waals surface area (Å²) in [7, 11) is 0. The molecule has 1 aliphatic rings. The van der Waals surface area contributed by atoms with Crippen molar-refractivity contribution in [1.82, 2.24) is 0 Å². The van der Waals surface area contributed by atoms with E-state index in [0.717, 1.165) is 0 Å². The maximum Gasteiger partial charge on any atom is 0.138 e. The Morgan fingerprint density at radius 3 is 1.24 bits per heavy atom. The molecule has 21 heavy (non-hydrogen) atoms. The molecule has 0 aromatic heterocycles. The number of unbranched alkanes of at least 4 members (excludes halogenated alkanes) is 15. The molecule has 124 valence electrons. The van der Waals surface area contributed by atoms with Gasteiger partial charge in [0.2, 0.25) is 0 Å². The summed E-state index contributed by atoms with van der Waals surface area (Å²) in [5.41, 5.74) is 0. The Balaban J connectivity index is 1.60. The molecular formula is C20H38O. The summed E-state index contributed by atoms with van der Waals surface area (Å²) in [5, 5.41) is 0. The van der Waals surface area contributed by atoms with Crippen LogP contribution in [0.25, 0.3) is 0 Å². The molecule has 1 nitrogen and oxygen atoms in total. The lowest BCUT2D eigenvalue weighted by molar-refractivity contribution is 0.469. The van der Waals surface area contributed by atoms with Crippen LogP contribution in [-0.4, -0.2) is 0 Å². The molecule has 0 fully saturated rings. The number of hydrogen-bond donors (Lipinski definition) is 0. The highest BCUT2D eigenvalue weighted by atomic mass is 16.5. The molecule has 0 radical (unpaired) electrons. The van der Waals surface area contributed by atoms with E-state index in [9.17, 15) is 0 Å². The minimum atomic E-state index is 1.18. The number of allylic oxidation sites excluding steroid dienone is 1. The summed E-state index contributed by atoms with van der Waals surface area (Å²) in [5.74, 6) is 1.22.